The molecule has 1 amide bonds. The SMILES string of the molecule is Cc1nc2ccccc2c(C)c1CC(=O)Nc1cccc2ccccc12. The van der Waals surface area contributed by atoms with Gasteiger partial charge in [0.25, 0.3) is 0 Å². The molecule has 1 heterocycles. The molecule has 0 saturated carbocycles. The van der Waals surface area contributed by atoms with Crippen molar-refractivity contribution < 1.29 is 4.79 Å². The maximum absolute atomic E-state index is 12.7. The van der Waals surface area contributed by atoms with Gasteiger partial charge in [-0.05, 0) is 42.5 Å². The van der Waals surface area contributed by atoms with Crippen molar-refractivity contribution in [3.8, 4) is 0 Å². The van der Waals surface area contributed by atoms with Crippen molar-refractivity contribution in [1.29, 1.82) is 0 Å². The van der Waals surface area contributed by atoms with E-state index in [0.29, 0.717) is 6.42 Å². The summed E-state index contributed by atoms with van der Waals surface area (Å²) in [5, 5.41) is 6.34. The lowest BCUT2D eigenvalue weighted by molar-refractivity contribution is -0.115. The van der Waals surface area contributed by atoms with Gasteiger partial charge in [0.05, 0.1) is 11.9 Å². The Hall–Kier alpha value is -3.20. The van der Waals surface area contributed by atoms with Gasteiger partial charge in [-0.25, -0.2) is 0 Å². The van der Waals surface area contributed by atoms with Crippen molar-refractivity contribution in [3.05, 3.63) is 83.6 Å². The molecule has 0 atom stereocenters. The third kappa shape index (κ3) is 2.92. The molecule has 0 aliphatic heterocycles. The lowest BCUT2D eigenvalue weighted by Gasteiger charge is -2.13. The number of hydrogen-bond donors (Lipinski definition) is 1. The molecule has 4 aromatic rings. The smallest absolute Gasteiger partial charge is 0.228 e. The highest BCUT2D eigenvalue weighted by atomic mass is 16.1. The van der Waals surface area contributed by atoms with Crippen LogP contribution in [0, 0.1) is 13.8 Å². The van der Waals surface area contributed by atoms with Gasteiger partial charge in [-0.3, -0.25) is 9.78 Å². The monoisotopic (exact) mass is 340 g/mol. The molecule has 0 bridgehead atoms. The molecule has 0 aliphatic rings. The second kappa shape index (κ2) is 6.60. The normalized spacial score (nSPS) is 11.0. The van der Waals surface area contributed by atoms with Crippen LogP contribution in [0.2, 0.25) is 0 Å². The Bertz CT molecular complexity index is 1130. The lowest BCUT2D eigenvalue weighted by Crippen LogP contribution is -2.16. The quantitative estimate of drug-likeness (QED) is 0.558. The van der Waals surface area contributed by atoms with Gasteiger partial charge in [-0.15, -0.1) is 0 Å². The van der Waals surface area contributed by atoms with E-state index in [1.807, 2.05) is 67.6 Å². The van der Waals surface area contributed by atoms with E-state index in [9.17, 15) is 4.79 Å². The summed E-state index contributed by atoms with van der Waals surface area (Å²) in [4.78, 5) is 17.4. The van der Waals surface area contributed by atoms with E-state index in [2.05, 4.69) is 23.3 Å². The average Bonchev–Trinajstić information content (AvgIpc) is 2.65. The highest BCUT2D eigenvalue weighted by Crippen LogP contribution is 2.25. The van der Waals surface area contributed by atoms with E-state index in [4.69, 9.17) is 0 Å². The van der Waals surface area contributed by atoms with Crippen LogP contribution in [0.1, 0.15) is 16.8 Å². The molecule has 26 heavy (non-hydrogen) atoms. The molecule has 0 spiro atoms. The van der Waals surface area contributed by atoms with E-state index in [1.165, 1.54) is 0 Å². The van der Waals surface area contributed by atoms with E-state index in [1.54, 1.807) is 0 Å². The van der Waals surface area contributed by atoms with Crippen molar-refractivity contribution >= 4 is 33.3 Å². The summed E-state index contributed by atoms with van der Waals surface area (Å²) >= 11 is 0. The molecule has 4 rings (SSSR count). The number of rotatable bonds is 3. The molecule has 0 radical (unpaired) electrons. The summed E-state index contributed by atoms with van der Waals surface area (Å²) in [5.74, 6) is -0.0235. The first kappa shape index (κ1) is 16.3. The number of carbonyl (C=O) groups is 1. The molecule has 0 aliphatic carbocycles. The summed E-state index contributed by atoms with van der Waals surface area (Å²) in [7, 11) is 0. The zero-order chi connectivity index (χ0) is 18.1. The summed E-state index contributed by atoms with van der Waals surface area (Å²) in [6.07, 6.45) is 0.318. The second-order valence-electron chi connectivity index (χ2n) is 6.57. The zero-order valence-corrected chi connectivity index (χ0v) is 14.9. The zero-order valence-electron chi connectivity index (χ0n) is 14.9. The van der Waals surface area contributed by atoms with Gasteiger partial charge >= 0.3 is 0 Å². The van der Waals surface area contributed by atoms with Crippen LogP contribution in [0.3, 0.4) is 0 Å². The van der Waals surface area contributed by atoms with E-state index < -0.39 is 0 Å². The fourth-order valence-electron chi connectivity index (χ4n) is 3.52. The van der Waals surface area contributed by atoms with Gasteiger partial charge in [0.1, 0.15) is 0 Å². The fourth-order valence-corrected chi connectivity index (χ4v) is 3.52. The molecular weight excluding hydrogens is 320 g/mol. The molecule has 0 fully saturated rings. The predicted molar refractivity (Wildman–Crippen MR) is 107 cm³/mol. The summed E-state index contributed by atoms with van der Waals surface area (Å²) in [6.45, 7) is 4.04. The lowest BCUT2D eigenvalue weighted by atomic mass is 9.99. The van der Waals surface area contributed by atoms with Crippen LogP contribution in [-0.4, -0.2) is 10.9 Å². The summed E-state index contributed by atoms with van der Waals surface area (Å²) < 4.78 is 0. The Morgan fingerprint density at radius 2 is 1.58 bits per heavy atom. The Balaban J connectivity index is 1.65. The minimum Gasteiger partial charge on any atom is -0.325 e. The topological polar surface area (TPSA) is 42.0 Å². The number of para-hydroxylation sites is 1. The van der Waals surface area contributed by atoms with Crippen LogP contribution in [0.15, 0.2) is 66.7 Å². The minimum absolute atomic E-state index is 0.0235. The molecule has 3 nitrogen and oxygen atoms in total. The third-order valence-electron chi connectivity index (χ3n) is 4.89. The number of benzene rings is 3. The van der Waals surface area contributed by atoms with Gasteiger partial charge in [0, 0.05) is 22.2 Å². The first-order valence-electron chi connectivity index (χ1n) is 8.76. The van der Waals surface area contributed by atoms with E-state index in [-0.39, 0.29) is 5.91 Å². The molecule has 3 heteroatoms. The molecule has 0 unspecified atom stereocenters. The van der Waals surface area contributed by atoms with Crippen LogP contribution >= 0.6 is 0 Å². The Kier molecular flexibility index (Phi) is 4.13. The number of pyridine rings is 1. The highest BCUT2D eigenvalue weighted by molar-refractivity contribution is 6.03. The van der Waals surface area contributed by atoms with E-state index >= 15 is 0 Å². The van der Waals surface area contributed by atoms with Gasteiger partial charge < -0.3 is 5.32 Å². The number of fused-ring (bicyclic) bond motifs is 2. The first-order chi connectivity index (χ1) is 12.6. The fraction of sp³-hybridized carbons (Fsp3) is 0.130. The van der Waals surface area contributed by atoms with Crippen molar-refractivity contribution in [3.63, 3.8) is 0 Å². The average molecular weight is 340 g/mol. The van der Waals surface area contributed by atoms with Crippen LogP contribution in [0.5, 0.6) is 0 Å². The standard InChI is InChI=1S/C23H20N2O/c1-15-18-10-5-6-12-21(18)24-16(2)20(15)14-23(26)25-22-13-7-9-17-8-3-4-11-19(17)22/h3-13H,14H2,1-2H3,(H,25,26). The van der Waals surface area contributed by atoms with Gasteiger partial charge in [-0.2, -0.15) is 0 Å². The van der Waals surface area contributed by atoms with Crippen LogP contribution < -0.4 is 5.32 Å². The molecule has 0 saturated heterocycles. The largest absolute Gasteiger partial charge is 0.325 e. The maximum atomic E-state index is 12.7. The van der Waals surface area contributed by atoms with Crippen molar-refractivity contribution in [2.75, 3.05) is 5.32 Å². The van der Waals surface area contributed by atoms with Gasteiger partial charge in [-0.1, -0.05) is 54.6 Å². The van der Waals surface area contributed by atoms with Crippen molar-refractivity contribution in [2.24, 2.45) is 0 Å². The molecule has 3 aromatic carbocycles. The van der Waals surface area contributed by atoms with E-state index in [0.717, 1.165) is 44.2 Å². The predicted octanol–water partition coefficient (Wildman–Crippen LogP) is 5.19. The third-order valence-corrected chi connectivity index (χ3v) is 4.89. The van der Waals surface area contributed by atoms with Crippen LogP contribution in [-0.2, 0) is 11.2 Å². The number of carbonyl (C=O) groups excluding carboxylic acids is 1. The minimum atomic E-state index is -0.0235. The number of aryl methyl sites for hydroxylation is 2. The van der Waals surface area contributed by atoms with Gasteiger partial charge in [0.15, 0.2) is 0 Å². The number of nitrogens with one attached hydrogen (secondary N) is 1. The number of nitrogens with zero attached hydrogens (tertiary/aromatic N) is 1. The number of amides is 1. The number of anilines is 1. The van der Waals surface area contributed by atoms with Crippen molar-refractivity contribution in [2.45, 2.75) is 20.3 Å². The highest BCUT2D eigenvalue weighted by Gasteiger charge is 2.13. The Morgan fingerprint density at radius 3 is 2.42 bits per heavy atom. The first-order valence-corrected chi connectivity index (χ1v) is 8.76. The van der Waals surface area contributed by atoms with Crippen LogP contribution in [0.4, 0.5) is 5.69 Å². The second-order valence-corrected chi connectivity index (χ2v) is 6.57. The maximum Gasteiger partial charge on any atom is 0.228 e. The summed E-state index contributed by atoms with van der Waals surface area (Å²) in [5.41, 5.74) is 4.86. The molecule has 1 aromatic heterocycles. The van der Waals surface area contributed by atoms with Gasteiger partial charge in [0.2, 0.25) is 5.91 Å². The Morgan fingerprint density at radius 1 is 0.885 bits per heavy atom. The number of hydrogen-bond acceptors (Lipinski definition) is 2. The Labute approximate surface area is 152 Å². The van der Waals surface area contributed by atoms with Crippen LogP contribution in [0.25, 0.3) is 21.7 Å². The summed E-state index contributed by atoms with van der Waals surface area (Å²) in [6, 6.07) is 22.1. The van der Waals surface area contributed by atoms with Crippen molar-refractivity contribution in [1.82, 2.24) is 4.98 Å². The molecule has 1 N–H and O–H groups in total. The molecular formula is C23H20N2O. The number of aromatic nitrogens is 1. The molecule has 128 valence electrons.